The largest absolute Gasteiger partial charge is 0.467 e. The summed E-state index contributed by atoms with van der Waals surface area (Å²) in [5, 5.41) is 10.4. The van der Waals surface area contributed by atoms with Crippen LogP contribution in [0.25, 0.3) is 0 Å². The molecule has 0 amide bonds. The summed E-state index contributed by atoms with van der Waals surface area (Å²) in [7, 11) is 0. The van der Waals surface area contributed by atoms with Crippen LogP contribution in [0, 0.1) is 0 Å². The Morgan fingerprint density at radius 2 is 1.92 bits per heavy atom. The monoisotopic (exact) mass is 347 g/mol. The summed E-state index contributed by atoms with van der Waals surface area (Å²) < 4.78 is 32.2. The molecule has 0 radical (unpaired) electrons. The van der Waals surface area contributed by atoms with Gasteiger partial charge < -0.3 is 9.52 Å². The first-order chi connectivity index (χ1) is 12.1. The highest BCUT2D eigenvalue weighted by molar-refractivity contribution is 5.15. The normalized spacial score (nSPS) is 12.8. The van der Waals surface area contributed by atoms with Gasteiger partial charge in [0.1, 0.15) is 17.7 Å². The second-order valence-corrected chi connectivity index (χ2v) is 5.71. The molecule has 132 valence electrons. The smallest absolute Gasteiger partial charge is 0.319 e. The van der Waals surface area contributed by atoms with Gasteiger partial charge in [-0.2, -0.15) is 8.78 Å². The van der Waals surface area contributed by atoms with Crippen molar-refractivity contribution in [3.8, 4) is 0 Å². The van der Waals surface area contributed by atoms with Crippen molar-refractivity contribution >= 4 is 0 Å². The Kier molecular flexibility index (Phi) is 5.57. The van der Waals surface area contributed by atoms with E-state index in [1.165, 1.54) is 18.7 Å². The number of hydrogen-bond donors (Lipinski definition) is 1. The van der Waals surface area contributed by atoms with Crippen LogP contribution in [0.3, 0.4) is 0 Å². The Bertz CT molecular complexity index is 760. The van der Waals surface area contributed by atoms with Gasteiger partial charge in [-0.3, -0.25) is 9.47 Å². The van der Waals surface area contributed by atoms with E-state index in [2.05, 4.69) is 4.98 Å². The van der Waals surface area contributed by atoms with Gasteiger partial charge in [0, 0.05) is 25.5 Å². The molecule has 0 aliphatic rings. The maximum absolute atomic E-state index is 13.1. The molecule has 3 rings (SSSR count). The summed E-state index contributed by atoms with van der Waals surface area (Å²) in [6.45, 7) is -1.73. The molecule has 0 fully saturated rings. The van der Waals surface area contributed by atoms with Gasteiger partial charge in [-0.15, -0.1) is 0 Å². The number of alkyl halides is 2. The Balaban J connectivity index is 1.77. The van der Waals surface area contributed by atoms with Crippen LogP contribution in [-0.4, -0.2) is 26.1 Å². The molecule has 0 bridgehead atoms. The lowest BCUT2D eigenvalue weighted by atomic mass is 10.2. The third kappa shape index (κ3) is 4.52. The van der Waals surface area contributed by atoms with Crippen LogP contribution in [0.2, 0.25) is 0 Å². The van der Waals surface area contributed by atoms with Crippen LogP contribution < -0.4 is 0 Å². The molecule has 2 heterocycles. The molecule has 1 N–H and O–H groups in total. The predicted molar refractivity (Wildman–Crippen MR) is 87.7 cm³/mol. The molecule has 25 heavy (non-hydrogen) atoms. The molecule has 3 aromatic rings. The molecular weight excluding hydrogens is 328 g/mol. The fourth-order valence-corrected chi connectivity index (χ4v) is 2.69. The maximum atomic E-state index is 13.1. The highest BCUT2D eigenvalue weighted by Gasteiger charge is 2.20. The van der Waals surface area contributed by atoms with Crippen molar-refractivity contribution in [2.75, 3.05) is 6.54 Å². The zero-order valence-corrected chi connectivity index (χ0v) is 13.5. The maximum Gasteiger partial charge on any atom is 0.319 e. The van der Waals surface area contributed by atoms with Crippen LogP contribution in [0.4, 0.5) is 8.78 Å². The van der Waals surface area contributed by atoms with Gasteiger partial charge in [0.05, 0.1) is 12.8 Å². The van der Waals surface area contributed by atoms with Crippen molar-refractivity contribution in [2.45, 2.75) is 25.7 Å². The topological polar surface area (TPSA) is 54.4 Å². The Morgan fingerprint density at radius 3 is 2.60 bits per heavy atom. The molecule has 0 saturated carbocycles. The Hall–Kier alpha value is -2.51. The number of nitrogens with zero attached hydrogens (tertiary/aromatic N) is 3. The molecule has 7 heteroatoms. The number of aliphatic hydroxyl groups excluding tert-OH is 1. The number of hydrogen-bond acceptors (Lipinski definition) is 4. The van der Waals surface area contributed by atoms with Gasteiger partial charge in [0.15, 0.2) is 0 Å². The number of halogens is 2. The summed E-state index contributed by atoms with van der Waals surface area (Å²) in [4.78, 5) is 5.89. The molecule has 0 saturated heterocycles. The van der Waals surface area contributed by atoms with Crippen molar-refractivity contribution in [3.05, 3.63) is 78.3 Å². The van der Waals surface area contributed by atoms with E-state index in [4.69, 9.17) is 4.42 Å². The van der Waals surface area contributed by atoms with Crippen LogP contribution >= 0.6 is 0 Å². The fraction of sp³-hybridized carbons (Fsp3) is 0.278. The van der Waals surface area contributed by atoms with E-state index in [9.17, 15) is 13.9 Å². The third-order valence-electron chi connectivity index (χ3n) is 3.88. The molecule has 1 atom stereocenters. The zero-order chi connectivity index (χ0) is 17.6. The van der Waals surface area contributed by atoms with Crippen molar-refractivity contribution in [1.82, 2.24) is 14.5 Å². The van der Waals surface area contributed by atoms with Crippen LogP contribution in [0.5, 0.6) is 0 Å². The van der Waals surface area contributed by atoms with E-state index in [-0.39, 0.29) is 18.9 Å². The number of aliphatic hydroxyl groups is 1. The highest BCUT2D eigenvalue weighted by Crippen LogP contribution is 2.19. The van der Waals surface area contributed by atoms with Crippen LogP contribution in [-0.2, 0) is 13.1 Å². The second-order valence-electron chi connectivity index (χ2n) is 5.71. The fourth-order valence-electron chi connectivity index (χ4n) is 2.69. The molecule has 5 nitrogen and oxygen atoms in total. The summed E-state index contributed by atoms with van der Waals surface area (Å²) in [6.07, 6.45) is 3.24. The Morgan fingerprint density at radius 1 is 1.12 bits per heavy atom. The number of imidazole rings is 1. The Labute approximate surface area is 144 Å². The molecule has 0 spiro atoms. The lowest BCUT2D eigenvalue weighted by Crippen LogP contribution is -2.29. The van der Waals surface area contributed by atoms with Gasteiger partial charge in [0.25, 0.3) is 0 Å². The third-order valence-corrected chi connectivity index (χ3v) is 3.88. The number of benzene rings is 1. The van der Waals surface area contributed by atoms with E-state index < -0.39 is 12.7 Å². The molecule has 1 unspecified atom stereocenters. The van der Waals surface area contributed by atoms with Gasteiger partial charge >= 0.3 is 6.55 Å². The zero-order valence-electron chi connectivity index (χ0n) is 13.5. The SMILES string of the molecule is OC(CN(Cc1ccccc1)Cc1nccn1C(F)F)c1ccco1. The molecule has 2 aromatic heterocycles. The second kappa shape index (κ2) is 8.04. The average molecular weight is 347 g/mol. The van der Waals surface area contributed by atoms with E-state index in [1.54, 1.807) is 12.1 Å². The predicted octanol–water partition coefficient (Wildman–Crippen LogP) is 3.61. The molecule has 1 aromatic carbocycles. The van der Waals surface area contributed by atoms with Crippen molar-refractivity contribution in [1.29, 1.82) is 0 Å². The average Bonchev–Trinajstić information content (AvgIpc) is 3.27. The van der Waals surface area contributed by atoms with Gasteiger partial charge in [-0.25, -0.2) is 4.98 Å². The van der Waals surface area contributed by atoms with Crippen molar-refractivity contribution in [3.63, 3.8) is 0 Å². The van der Waals surface area contributed by atoms with E-state index in [0.29, 0.717) is 12.3 Å². The first-order valence-corrected chi connectivity index (χ1v) is 7.91. The molecule has 0 aliphatic heterocycles. The van der Waals surface area contributed by atoms with Gasteiger partial charge in [0.2, 0.25) is 0 Å². The van der Waals surface area contributed by atoms with Crippen molar-refractivity contribution < 1.29 is 18.3 Å². The van der Waals surface area contributed by atoms with Gasteiger partial charge in [-0.1, -0.05) is 30.3 Å². The first kappa shape index (κ1) is 17.3. The van der Waals surface area contributed by atoms with Crippen molar-refractivity contribution in [2.24, 2.45) is 0 Å². The minimum Gasteiger partial charge on any atom is -0.467 e. The van der Waals surface area contributed by atoms with E-state index in [1.807, 2.05) is 35.2 Å². The molecular formula is C18H19F2N3O2. The number of aromatic nitrogens is 2. The van der Waals surface area contributed by atoms with E-state index >= 15 is 0 Å². The summed E-state index contributed by atoms with van der Waals surface area (Å²) in [5.41, 5.74) is 1.02. The summed E-state index contributed by atoms with van der Waals surface area (Å²) in [6, 6.07) is 13.0. The van der Waals surface area contributed by atoms with Crippen LogP contribution in [0.1, 0.15) is 29.8 Å². The highest BCUT2D eigenvalue weighted by atomic mass is 19.3. The molecule has 0 aliphatic carbocycles. The minimum atomic E-state index is -2.65. The lowest BCUT2D eigenvalue weighted by molar-refractivity contribution is 0.0573. The first-order valence-electron chi connectivity index (χ1n) is 7.91. The number of furan rings is 1. The quantitative estimate of drug-likeness (QED) is 0.676. The number of rotatable bonds is 8. The lowest BCUT2D eigenvalue weighted by Gasteiger charge is -2.24. The standard InChI is InChI=1S/C18H19F2N3O2/c19-18(20)23-9-8-21-17(23)13-22(11-14-5-2-1-3-6-14)12-15(24)16-7-4-10-25-16/h1-10,15,18,24H,11-13H2. The minimum absolute atomic E-state index is 0.185. The summed E-state index contributed by atoms with van der Waals surface area (Å²) >= 11 is 0. The van der Waals surface area contributed by atoms with E-state index in [0.717, 1.165) is 10.1 Å². The van der Waals surface area contributed by atoms with Gasteiger partial charge in [-0.05, 0) is 17.7 Å². The summed E-state index contributed by atoms with van der Waals surface area (Å²) in [5.74, 6) is 0.688. The van der Waals surface area contributed by atoms with Crippen LogP contribution in [0.15, 0.2) is 65.5 Å².